The number of aliphatic imine (C=N–C) groups is 1. The maximum Gasteiger partial charge on any atom is 0.180 e. The quantitative estimate of drug-likeness (QED) is 0.396. The van der Waals surface area contributed by atoms with Crippen LogP contribution in [0.25, 0.3) is 27.7 Å². The minimum Gasteiger partial charge on any atom is -0.404 e. The van der Waals surface area contributed by atoms with Gasteiger partial charge in [0.15, 0.2) is 11.5 Å². The molecule has 0 aliphatic carbocycles. The van der Waals surface area contributed by atoms with Gasteiger partial charge in [-0.2, -0.15) is 0 Å². The van der Waals surface area contributed by atoms with Gasteiger partial charge in [-0.05, 0) is 36.6 Å². The van der Waals surface area contributed by atoms with Crippen LogP contribution in [0.2, 0.25) is 0 Å². The second kappa shape index (κ2) is 8.43. The van der Waals surface area contributed by atoms with Gasteiger partial charge in [0.1, 0.15) is 5.82 Å². The van der Waals surface area contributed by atoms with Crippen LogP contribution in [-0.4, -0.2) is 39.2 Å². The van der Waals surface area contributed by atoms with E-state index in [9.17, 15) is 4.39 Å². The number of nitrogens with zero attached hydrogens (tertiary/aromatic N) is 4. The van der Waals surface area contributed by atoms with Crippen LogP contribution in [-0.2, 0) is 6.42 Å². The summed E-state index contributed by atoms with van der Waals surface area (Å²) in [5, 5.41) is 3.97. The van der Waals surface area contributed by atoms with E-state index in [1.807, 2.05) is 29.8 Å². The zero-order valence-electron chi connectivity index (χ0n) is 17.5. The summed E-state index contributed by atoms with van der Waals surface area (Å²) < 4.78 is 16.2. The molecule has 4 rings (SSSR count). The van der Waals surface area contributed by atoms with Gasteiger partial charge >= 0.3 is 0 Å². The summed E-state index contributed by atoms with van der Waals surface area (Å²) in [5.41, 5.74) is 11.3. The predicted octanol–water partition coefficient (Wildman–Crippen LogP) is 4.04. The Labute approximate surface area is 179 Å². The Kier molecular flexibility index (Phi) is 5.53. The molecule has 3 heterocycles. The topological polar surface area (TPSA) is 96.4 Å². The van der Waals surface area contributed by atoms with E-state index < -0.39 is 0 Å². The van der Waals surface area contributed by atoms with Crippen molar-refractivity contribution in [2.45, 2.75) is 13.3 Å². The molecule has 0 radical (unpaired) electrons. The number of benzene rings is 1. The number of fused-ring (bicyclic) bond motifs is 2. The standard InChI is InChI=1S/C23H24FN7/c1-14(2)20-12-29-23-22(30-19(13-31(20)23)16(9-25)10-26-3)27-8-7-15-11-28-18-6-4-5-17(24)21(15)18/h4-6,9-13,28H,1,7-8,25H2,2-3H3,(H,27,30)/b16-9+,26-10?. The van der Waals surface area contributed by atoms with Crippen molar-refractivity contribution < 1.29 is 4.39 Å². The molecule has 4 N–H and O–H groups in total. The van der Waals surface area contributed by atoms with E-state index in [0.29, 0.717) is 41.1 Å². The zero-order chi connectivity index (χ0) is 22.0. The minimum atomic E-state index is -0.229. The molecule has 4 aromatic rings. The van der Waals surface area contributed by atoms with E-state index in [4.69, 9.17) is 10.7 Å². The van der Waals surface area contributed by atoms with Crippen LogP contribution in [0.4, 0.5) is 10.2 Å². The van der Waals surface area contributed by atoms with Gasteiger partial charge in [0, 0.05) is 54.9 Å². The highest BCUT2D eigenvalue weighted by molar-refractivity contribution is 6.08. The highest BCUT2D eigenvalue weighted by Crippen LogP contribution is 2.24. The molecule has 7 nitrogen and oxygen atoms in total. The van der Waals surface area contributed by atoms with Gasteiger partial charge in [-0.25, -0.2) is 14.4 Å². The molecule has 0 bridgehead atoms. The Morgan fingerprint density at radius 2 is 2.26 bits per heavy atom. The Morgan fingerprint density at radius 3 is 3.00 bits per heavy atom. The number of imidazole rings is 1. The summed E-state index contributed by atoms with van der Waals surface area (Å²) >= 11 is 0. The SMILES string of the molecule is C=C(C)c1cnc2c(NCCc3c[nH]c4cccc(F)c34)nc(/C(C=NC)=C/N)cn12. The van der Waals surface area contributed by atoms with Crippen LogP contribution in [0.5, 0.6) is 0 Å². The van der Waals surface area contributed by atoms with Crippen molar-refractivity contribution in [1.29, 1.82) is 0 Å². The molecule has 0 atom stereocenters. The predicted molar refractivity (Wildman–Crippen MR) is 125 cm³/mol. The van der Waals surface area contributed by atoms with Gasteiger partial charge in [-0.1, -0.05) is 12.6 Å². The molecule has 0 spiro atoms. The van der Waals surface area contributed by atoms with Crippen molar-refractivity contribution >= 4 is 39.7 Å². The minimum absolute atomic E-state index is 0.229. The van der Waals surface area contributed by atoms with Crippen molar-refractivity contribution in [3.8, 4) is 0 Å². The fraction of sp³-hybridized carbons (Fsp3) is 0.174. The average Bonchev–Trinajstić information content (AvgIpc) is 3.37. The van der Waals surface area contributed by atoms with Crippen molar-refractivity contribution in [2.75, 3.05) is 18.9 Å². The molecule has 0 unspecified atom stereocenters. The number of anilines is 1. The summed E-state index contributed by atoms with van der Waals surface area (Å²) in [6.07, 6.45) is 9.22. The summed E-state index contributed by atoms with van der Waals surface area (Å²) in [5.74, 6) is 0.376. The molecule has 158 valence electrons. The first-order chi connectivity index (χ1) is 15.0. The number of nitrogens with two attached hydrogens (primary N) is 1. The second-order valence-corrected chi connectivity index (χ2v) is 7.25. The third-order valence-electron chi connectivity index (χ3n) is 5.10. The monoisotopic (exact) mass is 417 g/mol. The third-order valence-corrected chi connectivity index (χ3v) is 5.10. The van der Waals surface area contributed by atoms with Crippen LogP contribution in [0.15, 0.2) is 54.6 Å². The fourth-order valence-electron chi connectivity index (χ4n) is 3.62. The van der Waals surface area contributed by atoms with Crippen molar-refractivity contribution in [1.82, 2.24) is 19.4 Å². The Morgan fingerprint density at radius 1 is 1.42 bits per heavy atom. The third kappa shape index (κ3) is 3.79. The molecular weight excluding hydrogens is 393 g/mol. The van der Waals surface area contributed by atoms with Crippen molar-refractivity contribution in [3.05, 3.63) is 72.3 Å². The molecule has 1 aromatic carbocycles. The van der Waals surface area contributed by atoms with Gasteiger partial charge in [0.05, 0.1) is 17.6 Å². The molecule has 0 aliphatic rings. The van der Waals surface area contributed by atoms with Gasteiger partial charge < -0.3 is 16.0 Å². The molecule has 3 aromatic heterocycles. The number of aromatic nitrogens is 4. The summed E-state index contributed by atoms with van der Waals surface area (Å²) in [6.45, 7) is 6.51. The maximum atomic E-state index is 14.3. The zero-order valence-corrected chi connectivity index (χ0v) is 17.5. The largest absolute Gasteiger partial charge is 0.404 e. The Hall–Kier alpha value is -3.94. The van der Waals surface area contributed by atoms with Gasteiger partial charge in [0.25, 0.3) is 0 Å². The average molecular weight is 417 g/mol. The van der Waals surface area contributed by atoms with Crippen LogP contribution in [0.3, 0.4) is 0 Å². The number of allylic oxidation sites excluding steroid dienone is 2. The van der Waals surface area contributed by atoms with E-state index in [-0.39, 0.29) is 5.82 Å². The lowest BCUT2D eigenvalue weighted by molar-refractivity contribution is 0.639. The normalized spacial score (nSPS) is 12.3. The number of H-pyrrole nitrogens is 1. The number of halogens is 1. The van der Waals surface area contributed by atoms with E-state index in [1.165, 1.54) is 12.3 Å². The number of aromatic amines is 1. The Balaban J connectivity index is 1.68. The van der Waals surface area contributed by atoms with Crippen LogP contribution >= 0.6 is 0 Å². The fourth-order valence-corrected chi connectivity index (χ4v) is 3.62. The number of nitrogens with one attached hydrogen (secondary N) is 2. The molecule has 0 fully saturated rings. The van der Waals surface area contributed by atoms with Crippen molar-refractivity contribution in [3.63, 3.8) is 0 Å². The first kappa shape index (κ1) is 20.3. The van der Waals surface area contributed by atoms with E-state index >= 15 is 0 Å². The molecule has 0 aliphatic heterocycles. The van der Waals surface area contributed by atoms with Crippen molar-refractivity contribution in [2.24, 2.45) is 10.7 Å². The molecule has 8 heteroatoms. The van der Waals surface area contributed by atoms with Gasteiger partial charge in [-0.15, -0.1) is 0 Å². The van der Waals surface area contributed by atoms with Crippen LogP contribution in [0, 0.1) is 5.82 Å². The van der Waals surface area contributed by atoms with Crippen LogP contribution in [0.1, 0.15) is 23.9 Å². The summed E-state index contributed by atoms with van der Waals surface area (Å²) in [7, 11) is 1.68. The smallest absolute Gasteiger partial charge is 0.180 e. The van der Waals surface area contributed by atoms with Gasteiger partial charge in [-0.3, -0.25) is 9.39 Å². The Bertz CT molecular complexity index is 1330. The van der Waals surface area contributed by atoms with Crippen LogP contribution < -0.4 is 11.1 Å². The first-order valence-electron chi connectivity index (χ1n) is 9.90. The van der Waals surface area contributed by atoms with E-state index in [0.717, 1.165) is 22.3 Å². The highest BCUT2D eigenvalue weighted by atomic mass is 19.1. The van der Waals surface area contributed by atoms with E-state index in [1.54, 1.807) is 25.5 Å². The van der Waals surface area contributed by atoms with E-state index in [2.05, 4.69) is 26.9 Å². The molecule has 0 saturated carbocycles. The summed E-state index contributed by atoms with van der Waals surface area (Å²) in [6, 6.07) is 5.03. The molecule has 0 saturated heterocycles. The second-order valence-electron chi connectivity index (χ2n) is 7.25. The number of hydrogen-bond acceptors (Lipinski definition) is 5. The highest BCUT2D eigenvalue weighted by Gasteiger charge is 2.14. The number of hydrogen-bond donors (Lipinski definition) is 3. The maximum absolute atomic E-state index is 14.3. The number of rotatable bonds is 7. The molecule has 0 amide bonds. The molecular formula is C23H24FN7. The summed E-state index contributed by atoms with van der Waals surface area (Å²) in [4.78, 5) is 16.4. The lowest BCUT2D eigenvalue weighted by atomic mass is 10.1. The van der Waals surface area contributed by atoms with Gasteiger partial charge in [0.2, 0.25) is 0 Å². The lowest BCUT2D eigenvalue weighted by Crippen LogP contribution is -2.10. The lowest BCUT2D eigenvalue weighted by Gasteiger charge is -2.11. The molecule has 31 heavy (non-hydrogen) atoms. The first-order valence-corrected chi connectivity index (χ1v) is 9.90.